The van der Waals surface area contributed by atoms with Gasteiger partial charge in [-0.3, -0.25) is 0 Å². The Morgan fingerprint density at radius 2 is 2.00 bits per heavy atom. The van der Waals surface area contributed by atoms with E-state index in [-0.39, 0.29) is 5.56 Å². The summed E-state index contributed by atoms with van der Waals surface area (Å²) in [7, 11) is 0. The van der Waals surface area contributed by atoms with E-state index in [4.69, 9.17) is 5.11 Å². The van der Waals surface area contributed by atoms with Gasteiger partial charge >= 0.3 is 0 Å². The summed E-state index contributed by atoms with van der Waals surface area (Å²) in [4.78, 5) is 0. The molecule has 0 heterocycles. The maximum Gasteiger partial charge on any atom is 0.191 e. The van der Waals surface area contributed by atoms with E-state index in [0.717, 1.165) is 12.1 Å². The monoisotopic (exact) mass is 206 g/mol. The first-order valence-corrected chi connectivity index (χ1v) is 3.97. The fourth-order valence-electron chi connectivity index (χ4n) is 0.968. The van der Waals surface area contributed by atoms with Crippen molar-refractivity contribution >= 4 is 0 Å². The molecule has 0 saturated heterocycles. The number of rotatable bonds is 4. The molecule has 0 radical (unpaired) electrons. The number of alkyl halides is 1. The van der Waals surface area contributed by atoms with E-state index in [0.29, 0.717) is 0 Å². The molecule has 1 N–H and O–H groups in total. The zero-order chi connectivity index (χ0) is 10.6. The van der Waals surface area contributed by atoms with Crippen LogP contribution < -0.4 is 4.74 Å². The highest BCUT2D eigenvalue weighted by molar-refractivity contribution is 5.32. The van der Waals surface area contributed by atoms with Crippen LogP contribution in [0.4, 0.5) is 13.2 Å². The van der Waals surface area contributed by atoms with Crippen molar-refractivity contribution in [2.45, 2.75) is 6.61 Å². The second-order valence-electron chi connectivity index (χ2n) is 2.55. The van der Waals surface area contributed by atoms with Crippen molar-refractivity contribution in [3.8, 4) is 5.75 Å². The summed E-state index contributed by atoms with van der Waals surface area (Å²) in [5.74, 6) is -2.54. The summed E-state index contributed by atoms with van der Waals surface area (Å²) in [6.45, 7) is -1.80. The molecule has 0 spiro atoms. The summed E-state index contributed by atoms with van der Waals surface area (Å²) in [5, 5.41) is 8.67. The fraction of sp³-hybridized carbons (Fsp3) is 0.333. The highest BCUT2D eigenvalue weighted by Gasteiger charge is 2.14. The lowest BCUT2D eigenvalue weighted by Gasteiger charge is -2.08. The zero-order valence-electron chi connectivity index (χ0n) is 7.27. The molecule has 0 fully saturated rings. The van der Waals surface area contributed by atoms with Crippen molar-refractivity contribution in [1.82, 2.24) is 0 Å². The van der Waals surface area contributed by atoms with E-state index in [1.807, 2.05) is 0 Å². The number of benzene rings is 1. The van der Waals surface area contributed by atoms with Crippen LogP contribution in [-0.2, 0) is 6.61 Å². The molecule has 1 aromatic carbocycles. The number of ether oxygens (including phenoxy) is 1. The Kier molecular flexibility index (Phi) is 3.76. The van der Waals surface area contributed by atoms with Gasteiger partial charge in [0.1, 0.15) is 13.3 Å². The van der Waals surface area contributed by atoms with E-state index in [2.05, 4.69) is 4.74 Å². The molecule has 1 aromatic rings. The third-order valence-corrected chi connectivity index (χ3v) is 1.62. The summed E-state index contributed by atoms with van der Waals surface area (Å²) < 4.78 is 42.4. The molecule has 0 aliphatic heterocycles. The lowest BCUT2D eigenvalue weighted by molar-refractivity contribution is 0.242. The minimum absolute atomic E-state index is 0.0831. The van der Waals surface area contributed by atoms with Crippen molar-refractivity contribution in [2.75, 3.05) is 13.3 Å². The molecule has 0 saturated carbocycles. The van der Waals surface area contributed by atoms with Crippen molar-refractivity contribution in [3.05, 3.63) is 29.3 Å². The van der Waals surface area contributed by atoms with Crippen molar-refractivity contribution in [3.63, 3.8) is 0 Å². The highest BCUT2D eigenvalue weighted by Crippen LogP contribution is 2.24. The first-order valence-electron chi connectivity index (χ1n) is 3.97. The Bertz CT molecular complexity index is 315. The summed E-state index contributed by atoms with van der Waals surface area (Å²) in [5.41, 5.74) is -0.0831. The molecule has 14 heavy (non-hydrogen) atoms. The first-order chi connectivity index (χ1) is 6.70. The molecular formula is C9H9F3O2. The van der Waals surface area contributed by atoms with E-state index in [1.165, 1.54) is 0 Å². The quantitative estimate of drug-likeness (QED) is 0.814. The molecule has 0 amide bonds. The molecule has 0 aliphatic carbocycles. The van der Waals surface area contributed by atoms with Gasteiger partial charge < -0.3 is 9.84 Å². The lowest BCUT2D eigenvalue weighted by Crippen LogP contribution is -2.04. The molecule has 1 rings (SSSR count). The van der Waals surface area contributed by atoms with E-state index < -0.39 is 37.3 Å². The van der Waals surface area contributed by atoms with Gasteiger partial charge in [0.25, 0.3) is 0 Å². The van der Waals surface area contributed by atoms with Gasteiger partial charge in [0, 0.05) is 5.56 Å². The molecule has 2 nitrogen and oxygen atoms in total. The van der Waals surface area contributed by atoms with E-state index in [1.54, 1.807) is 0 Å². The Hall–Kier alpha value is -1.23. The standard InChI is InChI=1S/C9H9F3O2/c10-3-4-14-9-7(11)2-1-6(5-13)8(9)12/h1-2,13H,3-5H2. The van der Waals surface area contributed by atoms with Crippen LogP contribution in [0.3, 0.4) is 0 Å². The smallest absolute Gasteiger partial charge is 0.191 e. The number of aliphatic hydroxyl groups is 1. The Balaban J connectivity index is 2.99. The van der Waals surface area contributed by atoms with Gasteiger partial charge in [-0.2, -0.15) is 0 Å². The van der Waals surface area contributed by atoms with Crippen LogP contribution in [0.5, 0.6) is 5.75 Å². The maximum atomic E-state index is 13.2. The Morgan fingerprint density at radius 1 is 1.29 bits per heavy atom. The normalized spacial score (nSPS) is 10.3. The topological polar surface area (TPSA) is 29.5 Å². The summed E-state index contributed by atoms with van der Waals surface area (Å²) in [6.07, 6.45) is 0. The van der Waals surface area contributed by atoms with E-state index >= 15 is 0 Å². The van der Waals surface area contributed by atoms with Gasteiger partial charge in [0.2, 0.25) is 0 Å². The minimum Gasteiger partial charge on any atom is -0.485 e. The fourth-order valence-corrected chi connectivity index (χ4v) is 0.968. The average molecular weight is 206 g/mol. The van der Waals surface area contributed by atoms with Gasteiger partial charge in [0.15, 0.2) is 17.4 Å². The lowest BCUT2D eigenvalue weighted by atomic mass is 10.2. The van der Waals surface area contributed by atoms with Crippen LogP contribution in [0.15, 0.2) is 12.1 Å². The highest BCUT2D eigenvalue weighted by atomic mass is 19.1. The van der Waals surface area contributed by atoms with Gasteiger partial charge in [-0.25, -0.2) is 13.2 Å². The molecule has 0 bridgehead atoms. The SMILES string of the molecule is OCc1ccc(F)c(OCCF)c1F. The average Bonchev–Trinajstić information content (AvgIpc) is 2.18. The minimum atomic E-state index is -0.985. The summed E-state index contributed by atoms with van der Waals surface area (Å²) >= 11 is 0. The summed E-state index contributed by atoms with van der Waals surface area (Å²) in [6, 6.07) is 2.06. The molecule has 0 unspecified atom stereocenters. The zero-order valence-corrected chi connectivity index (χ0v) is 7.27. The third kappa shape index (κ3) is 2.17. The van der Waals surface area contributed by atoms with Crippen LogP contribution in [0.25, 0.3) is 0 Å². The Labute approximate surface area is 78.9 Å². The number of hydrogen-bond donors (Lipinski definition) is 1. The number of halogens is 3. The molecular weight excluding hydrogens is 197 g/mol. The molecule has 5 heteroatoms. The second kappa shape index (κ2) is 4.85. The van der Waals surface area contributed by atoms with Gasteiger partial charge in [-0.15, -0.1) is 0 Å². The number of hydrogen-bond acceptors (Lipinski definition) is 2. The molecule has 78 valence electrons. The van der Waals surface area contributed by atoms with Crippen LogP contribution in [0, 0.1) is 11.6 Å². The number of aliphatic hydroxyl groups excluding tert-OH is 1. The van der Waals surface area contributed by atoms with Crippen LogP contribution in [-0.4, -0.2) is 18.4 Å². The van der Waals surface area contributed by atoms with Crippen LogP contribution in [0.1, 0.15) is 5.56 Å². The van der Waals surface area contributed by atoms with E-state index in [9.17, 15) is 13.2 Å². The van der Waals surface area contributed by atoms with Gasteiger partial charge in [-0.1, -0.05) is 6.07 Å². The van der Waals surface area contributed by atoms with Crippen molar-refractivity contribution < 1.29 is 23.0 Å². The Morgan fingerprint density at radius 3 is 2.57 bits per heavy atom. The predicted octanol–water partition coefficient (Wildman–Crippen LogP) is 1.81. The predicted molar refractivity (Wildman–Crippen MR) is 43.8 cm³/mol. The third-order valence-electron chi connectivity index (χ3n) is 1.62. The van der Waals surface area contributed by atoms with Crippen molar-refractivity contribution in [2.24, 2.45) is 0 Å². The van der Waals surface area contributed by atoms with Crippen LogP contribution >= 0.6 is 0 Å². The molecule has 0 aromatic heterocycles. The first kappa shape index (κ1) is 10.8. The molecule has 0 aliphatic rings. The van der Waals surface area contributed by atoms with Gasteiger partial charge in [-0.05, 0) is 6.07 Å². The second-order valence-corrected chi connectivity index (χ2v) is 2.55. The van der Waals surface area contributed by atoms with Crippen molar-refractivity contribution in [1.29, 1.82) is 0 Å². The molecule has 0 atom stereocenters. The van der Waals surface area contributed by atoms with Gasteiger partial charge in [0.05, 0.1) is 6.61 Å². The van der Waals surface area contributed by atoms with Crippen LogP contribution in [0.2, 0.25) is 0 Å². The maximum absolute atomic E-state index is 13.2. The largest absolute Gasteiger partial charge is 0.485 e.